The van der Waals surface area contributed by atoms with E-state index in [2.05, 4.69) is 4.72 Å². The molecule has 0 heterocycles. The summed E-state index contributed by atoms with van der Waals surface area (Å²) in [5.74, 6) is -2.31. The molecule has 0 saturated heterocycles. The molecule has 8 heteroatoms. The Hall–Kier alpha value is -1.18. The number of rotatable bonds is 6. The molecule has 0 aliphatic rings. The zero-order chi connectivity index (χ0) is 16.4. The molecule has 0 spiro atoms. The van der Waals surface area contributed by atoms with Crippen molar-refractivity contribution in [2.45, 2.75) is 38.1 Å². The summed E-state index contributed by atoms with van der Waals surface area (Å²) in [7, 11) is -4.16. The van der Waals surface area contributed by atoms with Gasteiger partial charge in [0.15, 0.2) is 0 Å². The van der Waals surface area contributed by atoms with Gasteiger partial charge in [0, 0.05) is 0 Å². The number of aryl methyl sites for hydroxylation is 1. The van der Waals surface area contributed by atoms with Crippen LogP contribution in [0.3, 0.4) is 0 Å². The predicted octanol–water partition coefficient (Wildman–Crippen LogP) is 2.57. The van der Waals surface area contributed by atoms with Crippen LogP contribution in [0.2, 0.25) is 5.02 Å². The number of sulfonamides is 1. The van der Waals surface area contributed by atoms with Crippen LogP contribution in [0.25, 0.3) is 0 Å². The van der Waals surface area contributed by atoms with Gasteiger partial charge < -0.3 is 5.11 Å². The second-order valence-electron chi connectivity index (χ2n) is 4.85. The van der Waals surface area contributed by atoms with E-state index >= 15 is 0 Å². The monoisotopic (exact) mass is 337 g/mol. The van der Waals surface area contributed by atoms with Crippen LogP contribution in [0.1, 0.15) is 25.8 Å². The second kappa shape index (κ2) is 6.72. The molecule has 0 aliphatic carbocycles. The van der Waals surface area contributed by atoms with Crippen LogP contribution in [0.5, 0.6) is 0 Å². The van der Waals surface area contributed by atoms with Crippen molar-refractivity contribution in [2.24, 2.45) is 5.92 Å². The number of hydrogen-bond acceptors (Lipinski definition) is 3. The van der Waals surface area contributed by atoms with Gasteiger partial charge in [0.05, 0.1) is 5.02 Å². The average Bonchev–Trinajstić information content (AvgIpc) is 2.38. The van der Waals surface area contributed by atoms with Gasteiger partial charge in [0.1, 0.15) is 16.8 Å². The molecule has 1 aromatic carbocycles. The molecular weight excluding hydrogens is 321 g/mol. The normalized spacial score (nSPS) is 14.7. The standard InChI is InChI=1S/C13H17ClFNO4S/c1-4-7(2)12(13(17)18)16-21(19,20)11-5-8(3)10(15)6-9(11)14/h5-7,12,16H,4H2,1-3H3,(H,17,18). The first-order chi connectivity index (χ1) is 9.60. The number of halogens is 2. The maximum atomic E-state index is 13.3. The third kappa shape index (κ3) is 4.15. The van der Waals surface area contributed by atoms with Crippen molar-refractivity contribution in [3.05, 3.63) is 28.5 Å². The average molecular weight is 338 g/mol. The molecule has 0 aliphatic heterocycles. The van der Waals surface area contributed by atoms with Gasteiger partial charge in [-0.3, -0.25) is 4.79 Å². The van der Waals surface area contributed by atoms with Crippen LogP contribution >= 0.6 is 11.6 Å². The highest BCUT2D eigenvalue weighted by molar-refractivity contribution is 7.89. The van der Waals surface area contributed by atoms with Crippen molar-refractivity contribution in [3.63, 3.8) is 0 Å². The van der Waals surface area contributed by atoms with Gasteiger partial charge in [-0.05, 0) is 30.5 Å². The van der Waals surface area contributed by atoms with Crippen LogP contribution < -0.4 is 4.72 Å². The molecule has 0 fully saturated rings. The number of carboxylic acids is 1. The molecule has 2 N–H and O–H groups in total. The van der Waals surface area contributed by atoms with E-state index in [1.807, 2.05) is 0 Å². The molecule has 0 aromatic heterocycles. The summed E-state index contributed by atoms with van der Waals surface area (Å²) in [4.78, 5) is 10.9. The van der Waals surface area contributed by atoms with Gasteiger partial charge >= 0.3 is 5.97 Å². The van der Waals surface area contributed by atoms with E-state index in [0.717, 1.165) is 12.1 Å². The fourth-order valence-corrected chi connectivity index (χ4v) is 3.61. The SMILES string of the molecule is CCC(C)C(NS(=O)(=O)c1cc(C)c(F)cc1Cl)C(=O)O. The van der Waals surface area contributed by atoms with Gasteiger partial charge in [0.25, 0.3) is 0 Å². The lowest BCUT2D eigenvalue weighted by atomic mass is 10.0. The quantitative estimate of drug-likeness (QED) is 0.835. The first-order valence-corrected chi connectivity index (χ1v) is 8.17. The molecule has 2 atom stereocenters. The van der Waals surface area contributed by atoms with Crippen molar-refractivity contribution >= 4 is 27.6 Å². The van der Waals surface area contributed by atoms with E-state index in [0.29, 0.717) is 6.42 Å². The van der Waals surface area contributed by atoms with Crippen molar-refractivity contribution in [3.8, 4) is 0 Å². The van der Waals surface area contributed by atoms with Gasteiger partial charge in [0.2, 0.25) is 10.0 Å². The van der Waals surface area contributed by atoms with Gasteiger partial charge in [-0.2, -0.15) is 4.72 Å². The molecule has 0 radical (unpaired) electrons. The fourth-order valence-electron chi connectivity index (χ4n) is 1.71. The Morgan fingerprint density at radius 3 is 2.52 bits per heavy atom. The minimum absolute atomic E-state index is 0.107. The number of hydrogen-bond donors (Lipinski definition) is 2. The molecule has 0 amide bonds. The van der Waals surface area contributed by atoms with Crippen molar-refractivity contribution in [2.75, 3.05) is 0 Å². The first-order valence-electron chi connectivity index (χ1n) is 6.31. The van der Waals surface area contributed by atoms with Gasteiger partial charge in [-0.25, -0.2) is 12.8 Å². The summed E-state index contributed by atoms with van der Waals surface area (Å²) in [6, 6.07) is 0.696. The lowest BCUT2D eigenvalue weighted by Crippen LogP contribution is -2.45. The van der Waals surface area contributed by atoms with E-state index in [1.165, 1.54) is 6.92 Å². The Bertz CT molecular complexity index is 648. The molecular formula is C13H17ClFNO4S. The van der Waals surface area contributed by atoms with E-state index in [-0.39, 0.29) is 15.5 Å². The Balaban J connectivity index is 3.23. The highest BCUT2D eigenvalue weighted by Gasteiger charge is 2.30. The maximum absolute atomic E-state index is 13.3. The maximum Gasteiger partial charge on any atom is 0.322 e. The molecule has 1 aromatic rings. The molecule has 118 valence electrons. The summed E-state index contributed by atoms with van der Waals surface area (Å²) in [5, 5.41) is 8.84. The third-order valence-electron chi connectivity index (χ3n) is 3.26. The van der Waals surface area contributed by atoms with Crippen LogP contribution in [0.4, 0.5) is 4.39 Å². The van der Waals surface area contributed by atoms with E-state index in [4.69, 9.17) is 16.7 Å². The van der Waals surface area contributed by atoms with Crippen molar-refractivity contribution in [1.29, 1.82) is 0 Å². The molecule has 2 unspecified atom stereocenters. The minimum atomic E-state index is -4.16. The van der Waals surface area contributed by atoms with E-state index < -0.39 is 33.8 Å². The number of carboxylic acid groups (broad SMARTS) is 1. The summed E-state index contributed by atoms with van der Waals surface area (Å²) in [5.41, 5.74) is 0.107. The molecule has 21 heavy (non-hydrogen) atoms. The van der Waals surface area contributed by atoms with Crippen molar-refractivity contribution in [1.82, 2.24) is 4.72 Å². The first kappa shape index (κ1) is 17.9. The van der Waals surface area contributed by atoms with E-state index in [9.17, 15) is 17.6 Å². The Labute approximate surface area is 128 Å². The highest BCUT2D eigenvalue weighted by atomic mass is 35.5. The Morgan fingerprint density at radius 2 is 2.05 bits per heavy atom. The summed E-state index contributed by atoms with van der Waals surface area (Å²) in [6.07, 6.45) is 0.482. The molecule has 0 bridgehead atoms. The molecule has 0 saturated carbocycles. The van der Waals surface area contributed by atoms with Crippen LogP contribution in [-0.4, -0.2) is 25.5 Å². The Morgan fingerprint density at radius 1 is 1.48 bits per heavy atom. The fraction of sp³-hybridized carbons (Fsp3) is 0.462. The van der Waals surface area contributed by atoms with Crippen molar-refractivity contribution < 1.29 is 22.7 Å². The van der Waals surface area contributed by atoms with Crippen LogP contribution in [-0.2, 0) is 14.8 Å². The lowest BCUT2D eigenvalue weighted by molar-refractivity contribution is -0.140. The predicted molar refractivity (Wildman–Crippen MR) is 77.3 cm³/mol. The smallest absolute Gasteiger partial charge is 0.322 e. The minimum Gasteiger partial charge on any atom is -0.480 e. The van der Waals surface area contributed by atoms with Crippen LogP contribution in [0, 0.1) is 18.7 Å². The largest absolute Gasteiger partial charge is 0.480 e. The lowest BCUT2D eigenvalue weighted by Gasteiger charge is -2.20. The number of nitrogens with one attached hydrogen (secondary N) is 1. The summed E-state index contributed by atoms with van der Waals surface area (Å²) in [6.45, 7) is 4.77. The highest BCUT2D eigenvalue weighted by Crippen LogP contribution is 2.25. The van der Waals surface area contributed by atoms with Gasteiger partial charge in [-0.1, -0.05) is 31.9 Å². The number of benzene rings is 1. The number of aliphatic carboxylic acids is 1. The Kier molecular flexibility index (Phi) is 5.72. The van der Waals surface area contributed by atoms with E-state index in [1.54, 1.807) is 13.8 Å². The van der Waals surface area contributed by atoms with Gasteiger partial charge in [-0.15, -0.1) is 0 Å². The number of carbonyl (C=O) groups is 1. The third-order valence-corrected chi connectivity index (χ3v) is 5.17. The molecule has 5 nitrogen and oxygen atoms in total. The summed E-state index contributed by atoms with van der Waals surface area (Å²) >= 11 is 5.76. The second-order valence-corrected chi connectivity index (χ2v) is 6.94. The topological polar surface area (TPSA) is 83.5 Å². The van der Waals surface area contributed by atoms with Crippen LogP contribution in [0.15, 0.2) is 17.0 Å². The zero-order valence-electron chi connectivity index (χ0n) is 11.9. The molecule has 1 rings (SSSR count). The summed E-state index contributed by atoms with van der Waals surface area (Å²) < 4.78 is 40.0. The zero-order valence-corrected chi connectivity index (χ0v) is 13.4.